The van der Waals surface area contributed by atoms with Gasteiger partial charge in [0, 0.05) is 12.6 Å². The number of rotatable bonds is 4. The summed E-state index contributed by atoms with van der Waals surface area (Å²) in [4.78, 5) is 8.20. The molecule has 0 amide bonds. The zero-order valence-corrected chi connectivity index (χ0v) is 10.5. The molecule has 0 unspecified atom stereocenters. The molecule has 1 aromatic rings. The van der Waals surface area contributed by atoms with Gasteiger partial charge in [-0.3, -0.25) is 0 Å². The van der Waals surface area contributed by atoms with Crippen LogP contribution in [0.2, 0.25) is 0 Å². The fourth-order valence-corrected chi connectivity index (χ4v) is 1.05. The molecule has 0 radical (unpaired) electrons. The van der Waals surface area contributed by atoms with E-state index in [1.54, 1.807) is 13.2 Å². The molecule has 0 atom stereocenters. The molecule has 0 fully saturated rings. The molecule has 0 aromatic carbocycles. The van der Waals surface area contributed by atoms with E-state index in [4.69, 9.17) is 9.47 Å². The lowest BCUT2D eigenvalue weighted by Crippen LogP contribution is -2.19. The molecule has 1 heterocycles. The number of aromatic nitrogens is 2. The molecule has 0 aliphatic heterocycles. The molecule has 0 spiro atoms. The van der Waals surface area contributed by atoms with Crippen molar-refractivity contribution in [3.8, 4) is 11.9 Å². The van der Waals surface area contributed by atoms with Crippen LogP contribution in [0.5, 0.6) is 11.9 Å². The van der Waals surface area contributed by atoms with Gasteiger partial charge in [0.2, 0.25) is 5.88 Å². The summed E-state index contributed by atoms with van der Waals surface area (Å²) in [6.07, 6.45) is 0. The van der Waals surface area contributed by atoms with Crippen LogP contribution < -0.4 is 14.8 Å². The summed E-state index contributed by atoms with van der Waals surface area (Å²) in [7, 11) is 3.09. The van der Waals surface area contributed by atoms with Gasteiger partial charge >= 0.3 is 6.01 Å². The SMILES string of the molecule is COc1cc(NCC(C)(C)C)nc(OC)n1. The fourth-order valence-electron chi connectivity index (χ4n) is 1.05. The van der Waals surface area contributed by atoms with Gasteiger partial charge in [0.05, 0.1) is 14.2 Å². The maximum Gasteiger partial charge on any atom is 0.321 e. The van der Waals surface area contributed by atoms with E-state index in [2.05, 4.69) is 36.1 Å². The van der Waals surface area contributed by atoms with Crippen LogP contribution in [-0.2, 0) is 0 Å². The van der Waals surface area contributed by atoms with E-state index in [1.165, 1.54) is 7.11 Å². The number of methoxy groups -OCH3 is 2. The summed E-state index contributed by atoms with van der Waals surface area (Å²) in [5.41, 5.74) is 0.186. The maximum absolute atomic E-state index is 5.06. The van der Waals surface area contributed by atoms with E-state index < -0.39 is 0 Å². The Morgan fingerprint density at radius 2 is 1.88 bits per heavy atom. The Morgan fingerprint density at radius 1 is 1.19 bits per heavy atom. The number of hydrogen-bond donors (Lipinski definition) is 1. The first kappa shape index (κ1) is 12.5. The number of hydrogen-bond acceptors (Lipinski definition) is 5. The lowest BCUT2D eigenvalue weighted by Gasteiger charge is -2.19. The quantitative estimate of drug-likeness (QED) is 0.848. The summed E-state index contributed by atoms with van der Waals surface area (Å²) in [5, 5.41) is 3.22. The molecule has 0 saturated heterocycles. The summed E-state index contributed by atoms with van der Waals surface area (Å²) in [6, 6.07) is 2.05. The molecule has 1 N–H and O–H groups in total. The predicted molar refractivity (Wildman–Crippen MR) is 63.1 cm³/mol. The van der Waals surface area contributed by atoms with E-state index in [0.29, 0.717) is 17.7 Å². The van der Waals surface area contributed by atoms with Crippen molar-refractivity contribution in [2.45, 2.75) is 20.8 Å². The van der Waals surface area contributed by atoms with Crippen LogP contribution in [0.1, 0.15) is 20.8 Å². The zero-order chi connectivity index (χ0) is 12.2. The van der Waals surface area contributed by atoms with Gasteiger partial charge in [0.15, 0.2) is 0 Å². The second-order valence-electron chi connectivity index (χ2n) is 4.70. The normalized spacial score (nSPS) is 11.1. The van der Waals surface area contributed by atoms with Crippen molar-refractivity contribution in [1.82, 2.24) is 9.97 Å². The zero-order valence-electron chi connectivity index (χ0n) is 10.5. The van der Waals surface area contributed by atoms with Crippen molar-refractivity contribution in [2.75, 3.05) is 26.1 Å². The molecule has 1 aromatic heterocycles. The Kier molecular flexibility index (Phi) is 3.93. The van der Waals surface area contributed by atoms with Crippen molar-refractivity contribution >= 4 is 5.82 Å². The standard InChI is InChI=1S/C11H19N3O2/c1-11(2,3)7-12-8-6-9(15-4)14-10(13-8)16-5/h6H,7H2,1-5H3,(H,12,13,14). The van der Waals surface area contributed by atoms with Gasteiger partial charge in [-0.25, -0.2) is 0 Å². The molecular weight excluding hydrogens is 206 g/mol. The van der Waals surface area contributed by atoms with E-state index in [-0.39, 0.29) is 5.41 Å². The highest BCUT2D eigenvalue weighted by molar-refractivity contribution is 5.39. The van der Waals surface area contributed by atoms with Crippen LogP contribution in [-0.4, -0.2) is 30.7 Å². The third-order valence-corrected chi connectivity index (χ3v) is 1.87. The molecule has 0 bridgehead atoms. The highest BCUT2D eigenvalue weighted by Gasteiger charge is 2.11. The summed E-state index contributed by atoms with van der Waals surface area (Å²) < 4.78 is 10.0. The minimum atomic E-state index is 0.186. The van der Waals surface area contributed by atoms with Crippen LogP contribution in [0.15, 0.2) is 6.07 Å². The number of nitrogens with zero attached hydrogens (tertiary/aromatic N) is 2. The first-order chi connectivity index (χ1) is 7.44. The van der Waals surface area contributed by atoms with Crippen molar-refractivity contribution in [3.63, 3.8) is 0 Å². The minimum Gasteiger partial charge on any atom is -0.481 e. The summed E-state index contributed by atoms with van der Waals surface area (Å²) in [5.74, 6) is 1.20. The molecule has 5 nitrogen and oxygen atoms in total. The van der Waals surface area contributed by atoms with E-state index in [1.807, 2.05) is 0 Å². The number of nitrogens with one attached hydrogen (secondary N) is 1. The molecule has 0 aliphatic carbocycles. The average molecular weight is 225 g/mol. The van der Waals surface area contributed by atoms with Gasteiger partial charge in [-0.2, -0.15) is 9.97 Å². The van der Waals surface area contributed by atoms with Crippen LogP contribution >= 0.6 is 0 Å². The first-order valence-electron chi connectivity index (χ1n) is 5.15. The van der Waals surface area contributed by atoms with Gasteiger partial charge in [-0.05, 0) is 5.41 Å². The first-order valence-corrected chi connectivity index (χ1v) is 5.15. The van der Waals surface area contributed by atoms with Crippen molar-refractivity contribution in [3.05, 3.63) is 6.07 Å². The molecule has 5 heteroatoms. The number of anilines is 1. The largest absolute Gasteiger partial charge is 0.481 e. The Balaban J connectivity index is 2.79. The number of ether oxygens (including phenoxy) is 2. The monoisotopic (exact) mass is 225 g/mol. The topological polar surface area (TPSA) is 56.3 Å². The molecule has 90 valence electrons. The fraction of sp³-hybridized carbons (Fsp3) is 0.636. The lowest BCUT2D eigenvalue weighted by atomic mass is 9.97. The molecular formula is C11H19N3O2. The van der Waals surface area contributed by atoms with E-state index >= 15 is 0 Å². The van der Waals surface area contributed by atoms with Crippen molar-refractivity contribution < 1.29 is 9.47 Å². The lowest BCUT2D eigenvalue weighted by molar-refractivity contribution is 0.352. The molecule has 1 rings (SSSR count). The van der Waals surface area contributed by atoms with Gasteiger partial charge in [0.25, 0.3) is 0 Å². The Morgan fingerprint density at radius 3 is 2.38 bits per heavy atom. The third kappa shape index (κ3) is 3.92. The molecule has 0 aliphatic rings. The summed E-state index contributed by atoms with van der Waals surface area (Å²) in [6.45, 7) is 7.26. The van der Waals surface area contributed by atoms with Gasteiger partial charge in [-0.1, -0.05) is 20.8 Å². The summed E-state index contributed by atoms with van der Waals surface area (Å²) >= 11 is 0. The van der Waals surface area contributed by atoms with Gasteiger partial charge < -0.3 is 14.8 Å². The highest BCUT2D eigenvalue weighted by Crippen LogP contribution is 2.19. The van der Waals surface area contributed by atoms with Crippen LogP contribution in [0.3, 0.4) is 0 Å². The minimum absolute atomic E-state index is 0.186. The Hall–Kier alpha value is -1.52. The maximum atomic E-state index is 5.06. The van der Waals surface area contributed by atoms with Crippen LogP contribution in [0, 0.1) is 5.41 Å². The van der Waals surface area contributed by atoms with Crippen molar-refractivity contribution in [2.24, 2.45) is 5.41 Å². The second-order valence-corrected chi connectivity index (χ2v) is 4.70. The van der Waals surface area contributed by atoms with Crippen LogP contribution in [0.25, 0.3) is 0 Å². The Labute approximate surface area is 96.2 Å². The average Bonchev–Trinajstić information content (AvgIpc) is 2.25. The van der Waals surface area contributed by atoms with E-state index in [0.717, 1.165) is 6.54 Å². The van der Waals surface area contributed by atoms with Gasteiger partial charge in [-0.15, -0.1) is 0 Å². The third-order valence-electron chi connectivity index (χ3n) is 1.87. The Bertz CT molecular complexity index is 325. The van der Waals surface area contributed by atoms with Crippen LogP contribution in [0.4, 0.5) is 5.82 Å². The highest BCUT2D eigenvalue weighted by atomic mass is 16.5. The molecule has 16 heavy (non-hydrogen) atoms. The van der Waals surface area contributed by atoms with E-state index in [9.17, 15) is 0 Å². The second kappa shape index (κ2) is 5.01. The van der Waals surface area contributed by atoms with Crippen molar-refractivity contribution in [1.29, 1.82) is 0 Å². The molecule has 0 saturated carbocycles. The predicted octanol–water partition coefficient (Wildman–Crippen LogP) is 1.95. The van der Waals surface area contributed by atoms with Gasteiger partial charge in [0.1, 0.15) is 5.82 Å². The smallest absolute Gasteiger partial charge is 0.321 e.